The van der Waals surface area contributed by atoms with Gasteiger partial charge in [0.1, 0.15) is 6.54 Å². The van der Waals surface area contributed by atoms with Crippen LogP contribution in [0.5, 0.6) is 0 Å². The maximum atomic E-state index is 13.6. The molecular weight excluding hydrogens is 701 g/mol. The van der Waals surface area contributed by atoms with E-state index in [-0.39, 0.29) is 64.2 Å². The van der Waals surface area contributed by atoms with Crippen LogP contribution in [0.4, 0.5) is 32.4 Å². The van der Waals surface area contributed by atoms with Gasteiger partial charge in [0.05, 0.1) is 40.2 Å². The van der Waals surface area contributed by atoms with Crippen LogP contribution in [0.2, 0.25) is 5.02 Å². The first-order chi connectivity index (χ1) is 23.6. The molecule has 50 heavy (non-hydrogen) atoms. The second-order valence-corrected chi connectivity index (χ2v) is 12.2. The van der Waals surface area contributed by atoms with Crippen molar-refractivity contribution in [3.8, 4) is 11.3 Å². The molecule has 2 aromatic heterocycles. The van der Waals surface area contributed by atoms with Crippen molar-refractivity contribution in [3.63, 3.8) is 0 Å². The van der Waals surface area contributed by atoms with Crippen molar-refractivity contribution in [1.82, 2.24) is 40.2 Å². The number of nitrogens with one attached hydrogen (secondary N) is 4. The van der Waals surface area contributed by atoms with Crippen LogP contribution < -0.4 is 21.3 Å². The van der Waals surface area contributed by atoms with Crippen molar-refractivity contribution in [2.24, 2.45) is 18.9 Å². The maximum absolute atomic E-state index is 13.6. The number of hydrogen-bond acceptors (Lipinski definition) is 8. The van der Waals surface area contributed by atoms with Crippen LogP contribution >= 0.6 is 11.6 Å². The van der Waals surface area contributed by atoms with E-state index in [0.29, 0.717) is 30.9 Å². The number of aliphatic hydroxyl groups excluding tert-OH is 1. The minimum absolute atomic E-state index is 0.0256. The molecule has 2 saturated heterocycles. The maximum Gasteiger partial charge on any atom is 0.435 e. The van der Waals surface area contributed by atoms with Crippen molar-refractivity contribution < 1.29 is 51.3 Å². The number of rotatable bonds is 8. The normalized spacial score (nSPS) is 22.4. The zero-order chi connectivity index (χ0) is 36.5. The number of amides is 4. The summed E-state index contributed by atoms with van der Waals surface area (Å²) in [7, 11) is 1.29. The van der Waals surface area contributed by atoms with Gasteiger partial charge in [-0.05, 0) is 18.2 Å². The van der Waals surface area contributed by atoms with Gasteiger partial charge in [-0.15, -0.1) is 0 Å². The zero-order valence-electron chi connectivity index (χ0n) is 26.0. The Morgan fingerprint density at radius 1 is 1.14 bits per heavy atom. The molecule has 1 aromatic carbocycles. The van der Waals surface area contributed by atoms with Crippen LogP contribution in [0.3, 0.4) is 0 Å². The lowest BCUT2D eigenvalue weighted by Crippen LogP contribution is -2.49. The summed E-state index contributed by atoms with van der Waals surface area (Å²) >= 11 is 6.36. The van der Waals surface area contributed by atoms with Crippen molar-refractivity contribution in [2.75, 3.05) is 31.5 Å². The Kier molecular flexibility index (Phi) is 10.6. The van der Waals surface area contributed by atoms with E-state index < -0.39 is 48.3 Å². The number of anilines is 1. The predicted octanol–water partition coefficient (Wildman–Crippen LogP) is 1.88. The third-order valence-corrected chi connectivity index (χ3v) is 8.88. The molecule has 1 aliphatic carbocycles. The smallest absolute Gasteiger partial charge is 0.435 e. The molecule has 3 aliphatic rings. The fourth-order valence-corrected chi connectivity index (χ4v) is 6.35. The highest BCUT2D eigenvalue weighted by atomic mass is 35.5. The predicted molar refractivity (Wildman–Crippen MR) is 165 cm³/mol. The molecule has 3 aromatic rings. The number of likely N-dealkylation sites (tertiary alicyclic amines) is 1. The number of piperidine rings is 1. The lowest BCUT2D eigenvalue weighted by atomic mass is 10.2. The van der Waals surface area contributed by atoms with Crippen molar-refractivity contribution in [1.29, 1.82) is 0 Å². The average molecular weight is 732 g/mol. The van der Waals surface area contributed by atoms with Crippen LogP contribution in [0.15, 0.2) is 30.6 Å². The van der Waals surface area contributed by atoms with Gasteiger partial charge in [0.15, 0.2) is 11.5 Å². The number of fused-ring (bicyclic) bond motifs is 1. The Balaban J connectivity index is 0.00000156. The van der Waals surface area contributed by atoms with E-state index >= 15 is 0 Å². The second kappa shape index (κ2) is 14.6. The van der Waals surface area contributed by atoms with E-state index in [1.165, 1.54) is 25.2 Å². The summed E-state index contributed by atoms with van der Waals surface area (Å²) in [6.45, 7) is 0.532. The van der Waals surface area contributed by atoms with E-state index in [9.17, 15) is 41.4 Å². The summed E-state index contributed by atoms with van der Waals surface area (Å²) in [6, 6.07) is 3.41. The van der Waals surface area contributed by atoms with Crippen molar-refractivity contribution >= 4 is 41.6 Å². The van der Waals surface area contributed by atoms with E-state index in [4.69, 9.17) is 21.5 Å². The summed E-state index contributed by atoms with van der Waals surface area (Å²) in [5.74, 6) is -1.36. The fraction of sp³-hybridized carbons (Fsp3) is 0.448. The van der Waals surface area contributed by atoms with Crippen LogP contribution in [0, 0.1) is 11.8 Å². The Labute approximate surface area is 284 Å². The number of hydrogen-bond donors (Lipinski definition) is 6. The van der Waals surface area contributed by atoms with Gasteiger partial charge in [0.2, 0.25) is 0 Å². The molecule has 4 heterocycles. The Bertz CT molecular complexity index is 1760. The quantitative estimate of drug-likeness (QED) is 0.148. The topological polar surface area (TPSA) is 196 Å². The molecule has 15 nitrogen and oxygen atoms in total. The third kappa shape index (κ3) is 7.81. The summed E-state index contributed by atoms with van der Waals surface area (Å²) in [5, 5.41) is 31.4. The fourth-order valence-electron chi connectivity index (χ4n) is 6.09. The van der Waals surface area contributed by atoms with E-state index in [2.05, 4.69) is 31.3 Å². The summed E-state index contributed by atoms with van der Waals surface area (Å²) in [5.41, 5.74) is -1.78. The minimum Gasteiger partial charge on any atom is -0.483 e. The molecule has 270 valence electrons. The first-order valence-electron chi connectivity index (χ1n) is 15.0. The van der Waals surface area contributed by atoms with Gasteiger partial charge in [-0.1, -0.05) is 11.6 Å². The van der Waals surface area contributed by atoms with Gasteiger partial charge in [-0.2, -0.15) is 18.3 Å². The van der Waals surface area contributed by atoms with Gasteiger partial charge < -0.3 is 40.9 Å². The lowest BCUT2D eigenvalue weighted by Gasteiger charge is -2.24. The molecular formula is C29H31ClF5N9O6. The molecule has 4 amide bonds. The van der Waals surface area contributed by atoms with Crippen LogP contribution in [-0.2, 0) is 24.6 Å². The van der Waals surface area contributed by atoms with E-state index in [0.717, 1.165) is 17.0 Å². The molecule has 1 unspecified atom stereocenters. The SMILES string of the molecule is Cn1c(-c2cn(CC(F)F)nc2C(F)(F)F)cnc1C(=O)Nc1ccc(C(=O)NC2[C@H]3CN(C(=O)N[C@@H]4CNC[C@H]4O)C[C@@H]23)c(Cl)c1.O=CO. The third-order valence-electron chi connectivity index (χ3n) is 8.56. The Hall–Kier alpha value is -4.82. The van der Waals surface area contributed by atoms with Crippen molar-refractivity contribution in [3.05, 3.63) is 52.7 Å². The van der Waals surface area contributed by atoms with E-state index in [1.807, 2.05) is 0 Å². The number of β-amino-alcohol motifs (C(OH)–C–C–N with tert-alkyl or cyclic N) is 1. The Morgan fingerprint density at radius 2 is 1.82 bits per heavy atom. The second-order valence-electron chi connectivity index (χ2n) is 11.8. The summed E-state index contributed by atoms with van der Waals surface area (Å²) < 4.78 is 68.0. The van der Waals surface area contributed by atoms with Crippen molar-refractivity contribution in [2.45, 2.75) is 37.3 Å². The number of nitrogens with zero attached hydrogens (tertiary/aromatic N) is 5. The molecule has 21 heteroatoms. The molecule has 0 radical (unpaired) electrons. The van der Waals surface area contributed by atoms with Gasteiger partial charge >= 0.3 is 12.2 Å². The Morgan fingerprint density at radius 3 is 2.40 bits per heavy atom. The molecule has 0 spiro atoms. The van der Waals surface area contributed by atoms with Gasteiger partial charge in [-0.3, -0.25) is 19.1 Å². The average Bonchev–Trinajstić information content (AvgIpc) is 3.59. The largest absolute Gasteiger partial charge is 0.483 e. The highest BCUT2D eigenvalue weighted by Crippen LogP contribution is 2.45. The van der Waals surface area contributed by atoms with Gasteiger partial charge in [-0.25, -0.2) is 18.6 Å². The zero-order valence-corrected chi connectivity index (χ0v) is 26.8. The minimum atomic E-state index is -4.95. The first kappa shape index (κ1) is 36.5. The highest BCUT2D eigenvalue weighted by molar-refractivity contribution is 6.34. The molecule has 5 atom stereocenters. The highest BCUT2D eigenvalue weighted by Gasteiger charge is 2.57. The van der Waals surface area contributed by atoms with Crippen LogP contribution in [0.1, 0.15) is 26.7 Å². The van der Waals surface area contributed by atoms with Gasteiger partial charge in [0.25, 0.3) is 24.7 Å². The number of urea groups is 1. The van der Waals surface area contributed by atoms with Crippen LogP contribution in [0.25, 0.3) is 11.3 Å². The van der Waals surface area contributed by atoms with Crippen LogP contribution in [-0.4, -0.2) is 110 Å². The molecule has 2 aliphatic heterocycles. The number of benzene rings is 1. The van der Waals surface area contributed by atoms with Gasteiger partial charge in [0, 0.05) is 63.0 Å². The molecule has 6 rings (SSSR count). The number of carboxylic acid groups (broad SMARTS) is 1. The lowest BCUT2D eigenvalue weighted by molar-refractivity contribution is -0.141. The molecule has 0 bridgehead atoms. The standard InChI is InChI=1S/C28H29ClF5N9O4.CH2O2/c1-41-19(16-10-43(11-21(30)31)40-23(16)28(32,33)34)6-36-24(41)26(46)37-12-2-3-13(17(29)4-12)25(45)39-22-14-8-42(9-15(14)22)27(47)38-18-5-35-7-20(18)44;2-1-3/h2-4,6,10,14-15,18,20-22,35,44H,5,7-9,11H2,1H3,(H,37,46)(H,38,47)(H,39,45);1H,(H,2,3)/t14-,15+,18-,20-,22?;/m1./s1. The number of imidazole rings is 1. The number of aliphatic hydroxyl groups is 1. The first-order valence-corrected chi connectivity index (χ1v) is 15.4. The molecule has 6 N–H and O–H groups in total. The molecule has 1 saturated carbocycles. The number of halogens is 6. The summed E-state index contributed by atoms with van der Waals surface area (Å²) in [4.78, 5) is 52.4. The number of carbonyl (C=O) groups is 4. The van der Waals surface area contributed by atoms with E-state index in [1.54, 1.807) is 4.90 Å². The number of alkyl halides is 5. The monoisotopic (exact) mass is 731 g/mol. The molecule has 3 fully saturated rings. The number of carbonyl (C=O) groups excluding carboxylic acids is 3. The number of aromatic nitrogens is 4. The summed E-state index contributed by atoms with van der Waals surface area (Å²) in [6.07, 6.45) is -6.70.